The molecule has 0 bridgehead atoms. The lowest BCUT2D eigenvalue weighted by atomic mass is 9.99. The number of fused-ring (bicyclic) bond motifs is 1. The number of methoxy groups -OCH3 is 2. The molecule has 2 atom stereocenters. The second-order valence-corrected chi connectivity index (χ2v) is 8.09. The van der Waals surface area contributed by atoms with Crippen molar-refractivity contribution in [3.8, 4) is 23.0 Å². The molecule has 6 heteroatoms. The fourth-order valence-electron chi connectivity index (χ4n) is 4.34. The fraction of sp³-hybridized carbons (Fsp3) is 0.375. The number of carbonyl (C=O) groups is 1. The molecule has 2 aliphatic heterocycles. The van der Waals surface area contributed by atoms with E-state index < -0.39 is 0 Å². The first-order chi connectivity index (χ1) is 14.5. The first kappa shape index (κ1) is 20.3. The summed E-state index contributed by atoms with van der Waals surface area (Å²) in [4.78, 5) is 14.3. The number of hydrogen-bond acceptors (Lipinski definition) is 5. The minimum atomic E-state index is -0.217. The largest absolute Gasteiger partial charge is 0.872 e. The van der Waals surface area contributed by atoms with E-state index in [-0.39, 0.29) is 17.3 Å². The molecular formula is C24H27NO5. The summed E-state index contributed by atoms with van der Waals surface area (Å²) in [6.45, 7) is 4.89. The minimum Gasteiger partial charge on any atom is -0.872 e. The zero-order valence-corrected chi connectivity index (χ0v) is 17.6. The van der Waals surface area contributed by atoms with Gasteiger partial charge in [0, 0.05) is 23.1 Å². The van der Waals surface area contributed by atoms with E-state index in [0.717, 1.165) is 19.5 Å². The van der Waals surface area contributed by atoms with Gasteiger partial charge in [0.15, 0.2) is 5.76 Å². The summed E-state index contributed by atoms with van der Waals surface area (Å²) >= 11 is 0. The molecule has 0 spiro atoms. The van der Waals surface area contributed by atoms with Gasteiger partial charge in [-0.3, -0.25) is 4.79 Å². The van der Waals surface area contributed by atoms with E-state index in [1.165, 1.54) is 17.4 Å². The van der Waals surface area contributed by atoms with Gasteiger partial charge >= 0.3 is 0 Å². The molecule has 1 saturated heterocycles. The molecule has 0 aliphatic carbocycles. The maximum absolute atomic E-state index is 13.0. The van der Waals surface area contributed by atoms with Gasteiger partial charge in [0.1, 0.15) is 23.8 Å². The standard InChI is InChI=1S/C24H27NO5/c1-15-5-4-10-25(13-15)14-19-20(26)9-8-18-23(27)22(30-24(18)19)11-16-6-7-17(28-2)12-21(16)29-3/h6-9,11-12,15,26H,4-5,10,13-14H2,1-3H3. The number of piperidine rings is 1. The van der Waals surface area contributed by atoms with Gasteiger partial charge in [-0.25, -0.2) is 0 Å². The van der Waals surface area contributed by atoms with E-state index in [0.29, 0.717) is 46.4 Å². The predicted octanol–water partition coefficient (Wildman–Crippen LogP) is 2.21. The van der Waals surface area contributed by atoms with Gasteiger partial charge < -0.3 is 24.2 Å². The summed E-state index contributed by atoms with van der Waals surface area (Å²) in [5.74, 6) is 2.20. The van der Waals surface area contributed by atoms with Crippen LogP contribution in [0.3, 0.4) is 0 Å². The zero-order valence-electron chi connectivity index (χ0n) is 17.6. The van der Waals surface area contributed by atoms with Crippen molar-refractivity contribution in [2.24, 2.45) is 5.92 Å². The molecule has 30 heavy (non-hydrogen) atoms. The Morgan fingerprint density at radius 2 is 2.07 bits per heavy atom. The van der Waals surface area contributed by atoms with Crippen molar-refractivity contribution < 1.29 is 29.0 Å². The van der Waals surface area contributed by atoms with Gasteiger partial charge in [-0.15, -0.1) is 0 Å². The van der Waals surface area contributed by atoms with Crippen LogP contribution in [0.4, 0.5) is 0 Å². The van der Waals surface area contributed by atoms with Crippen molar-refractivity contribution in [2.75, 3.05) is 27.3 Å². The number of ketones is 1. The molecule has 2 aromatic carbocycles. The first-order valence-corrected chi connectivity index (χ1v) is 10.3. The number of carbonyl (C=O) groups excluding carboxylic acids is 1. The Balaban J connectivity index is 1.65. The molecule has 158 valence electrons. The average molecular weight is 409 g/mol. The van der Waals surface area contributed by atoms with Crippen molar-refractivity contribution in [3.05, 3.63) is 52.8 Å². The maximum atomic E-state index is 13.0. The highest BCUT2D eigenvalue weighted by Gasteiger charge is 2.32. The fourth-order valence-corrected chi connectivity index (χ4v) is 4.34. The molecule has 1 N–H and O–H groups in total. The number of Topliss-reactive ketones (excluding diaryl/α,β-unsaturated/α-hetero) is 1. The second-order valence-electron chi connectivity index (χ2n) is 8.09. The molecule has 0 saturated carbocycles. The highest BCUT2D eigenvalue weighted by atomic mass is 16.5. The molecule has 0 amide bonds. The van der Waals surface area contributed by atoms with Crippen LogP contribution in [0.5, 0.6) is 23.0 Å². The Morgan fingerprint density at radius 3 is 2.80 bits per heavy atom. The van der Waals surface area contributed by atoms with Crippen LogP contribution in [0.2, 0.25) is 0 Å². The van der Waals surface area contributed by atoms with Crippen LogP contribution in [0, 0.1) is 5.92 Å². The Morgan fingerprint density at radius 1 is 1.23 bits per heavy atom. The third-order valence-electron chi connectivity index (χ3n) is 5.92. The smallest absolute Gasteiger partial charge is 0.231 e. The van der Waals surface area contributed by atoms with Crippen LogP contribution in [0.15, 0.2) is 36.1 Å². The summed E-state index contributed by atoms with van der Waals surface area (Å²) in [6, 6.07) is 8.41. The molecule has 0 radical (unpaired) electrons. The van der Waals surface area contributed by atoms with Crippen molar-refractivity contribution in [3.63, 3.8) is 0 Å². The van der Waals surface area contributed by atoms with Crippen LogP contribution in [0.25, 0.3) is 6.08 Å². The first-order valence-electron chi connectivity index (χ1n) is 10.3. The van der Waals surface area contributed by atoms with Crippen molar-refractivity contribution in [1.82, 2.24) is 0 Å². The van der Waals surface area contributed by atoms with E-state index in [9.17, 15) is 9.90 Å². The van der Waals surface area contributed by atoms with Crippen LogP contribution >= 0.6 is 0 Å². The second kappa shape index (κ2) is 8.40. The lowest BCUT2D eigenvalue weighted by molar-refractivity contribution is -0.922. The number of rotatable bonds is 5. The average Bonchev–Trinajstić information content (AvgIpc) is 3.06. The van der Waals surface area contributed by atoms with Gasteiger partial charge in [0.05, 0.1) is 32.9 Å². The lowest BCUT2D eigenvalue weighted by Crippen LogP contribution is -3.12. The number of allylic oxidation sites excluding steroid dienone is 1. The lowest BCUT2D eigenvalue weighted by Gasteiger charge is -2.29. The third-order valence-corrected chi connectivity index (χ3v) is 5.92. The Labute approximate surface area is 176 Å². The summed E-state index contributed by atoms with van der Waals surface area (Å²) in [7, 11) is 3.15. The van der Waals surface area contributed by atoms with E-state index in [1.54, 1.807) is 38.5 Å². The molecule has 4 rings (SSSR count). The van der Waals surface area contributed by atoms with Crippen LogP contribution in [-0.2, 0) is 6.54 Å². The predicted molar refractivity (Wildman–Crippen MR) is 111 cm³/mol. The SMILES string of the molecule is COc1ccc(C=C2Oc3c(ccc([O-])c3C[NH+]3CCCC(C)C3)C2=O)c(OC)c1. The Kier molecular flexibility index (Phi) is 5.68. The number of benzene rings is 2. The summed E-state index contributed by atoms with van der Waals surface area (Å²) in [5.41, 5.74) is 1.75. The monoisotopic (exact) mass is 409 g/mol. The van der Waals surface area contributed by atoms with E-state index >= 15 is 0 Å². The maximum Gasteiger partial charge on any atom is 0.231 e. The molecule has 2 heterocycles. The molecule has 1 fully saturated rings. The molecule has 6 nitrogen and oxygen atoms in total. The Hall–Kier alpha value is -2.99. The Bertz CT molecular complexity index is 997. The highest BCUT2D eigenvalue weighted by molar-refractivity contribution is 6.15. The van der Waals surface area contributed by atoms with Crippen molar-refractivity contribution in [1.29, 1.82) is 0 Å². The molecule has 0 aromatic heterocycles. The summed E-state index contributed by atoms with van der Waals surface area (Å²) < 4.78 is 16.6. The number of hydrogen-bond donors (Lipinski definition) is 1. The third kappa shape index (κ3) is 3.87. The molecule has 2 aliphatic rings. The van der Waals surface area contributed by atoms with E-state index in [1.807, 2.05) is 6.07 Å². The van der Waals surface area contributed by atoms with Crippen LogP contribution < -0.4 is 24.2 Å². The van der Waals surface area contributed by atoms with Gasteiger partial charge in [0.2, 0.25) is 5.78 Å². The van der Waals surface area contributed by atoms with Crippen molar-refractivity contribution >= 4 is 11.9 Å². The summed E-state index contributed by atoms with van der Waals surface area (Å²) in [6.07, 6.45) is 4.04. The highest BCUT2D eigenvalue weighted by Crippen LogP contribution is 2.39. The molecular weight excluding hydrogens is 382 g/mol. The van der Waals surface area contributed by atoms with E-state index in [2.05, 4.69) is 6.92 Å². The number of nitrogens with one attached hydrogen (secondary N) is 1. The molecule has 2 aromatic rings. The number of ether oxygens (including phenoxy) is 3. The van der Waals surface area contributed by atoms with Gasteiger partial charge in [0.25, 0.3) is 0 Å². The van der Waals surface area contributed by atoms with Gasteiger partial charge in [-0.1, -0.05) is 18.7 Å². The van der Waals surface area contributed by atoms with Gasteiger partial charge in [-0.2, -0.15) is 0 Å². The van der Waals surface area contributed by atoms with E-state index in [4.69, 9.17) is 14.2 Å². The normalized spacial score (nSPS) is 22.0. The minimum absolute atomic E-state index is 0.0736. The van der Waals surface area contributed by atoms with Gasteiger partial charge in [-0.05, 0) is 37.1 Å². The summed E-state index contributed by atoms with van der Waals surface area (Å²) in [5, 5.41) is 12.6. The quantitative estimate of drug-likeness (QED) is 0.767. The molecule has 2 unspecified atom stereocenters. The number of likely N-dealkylation sites (tertiary alicyclic amines) is 1. The van der Waals surface area contributed by atoms with Crippen LogP contribution in [0.1, 0.15) is 41.3 Å². The number of quaternary nitrogens is 1. The van der Waals surface area contributed by atoms with Crippen molar-refractivity contribution in [2.45, 2.75) is 26.3 Å². The topological polar surface area (TPSA) is 72.3 Å². The zero-order chi connectivity index (χ0) is 21.3. The van der Waals surface area contributed by atoms with Crippen LogP contribution in [-0.4, -0.2) is 33.1 Å².